The van der Waals surface area contributed by atoms with Gasteiger partial charge in [0.05, 0.1) is 10.2 Å². The molecule has 3 nitrogen and oxygen atoms in total. The van der Waals surface area contributed by atoms with Crippen LogP contribution in [0.4, 0.5) is 19.3 Å². The van der Waals surface area contributed by atoms with E-state index in [1.54, 1.807) is 0 Å². The highest BCUT2D eigenvalue weighted by Crippen LogP contribution is 2.23. The maximum atomic E-state index is 13.2. The van der Waals surface area contributed by atoms with E-state index in [2.05, 4.69) is 26.6 Å². The smallest absolute Gasteiger partial charge is 0.319 e. The van der Waals surface area contributed by atoms with Gasteiger partial charge in [0, 0.05) is 12.6 Å². The topological polar surface area (TPSA) is 41.1 Å². The SMILES string of the molecule is CCCNC(=O)Nc1cc(Br)c(F)cc1F. The Morgan fingerprint density at radius 2 is 2.06 bits per heavy atom. The molecule has 0 saturated carbocycles. The van der Waals surface area contributed by atoms with E-state index < -0.39 is 17.7 Å². The second-order valence-electron chi connectivity index (χ2n) is 3.13. The first-order valence-corrected chi connectivity index (χ1v) is 5.53. The normalized spacial score (nSPS) is 10.0. The quantitative estimate of drug-likeness (QED) is 0.825. The van der Waals surface area contributed by atoms with Gasteiger partial charge in [0.1, 0.15) is 11.6 Å². The number of hydrogen-bond donors (Lipinski definition) is 2. The van der Waals surface area contributed by atoms with Crippen LogP contribution in [0.15, 0.2) is 16.6 Å². The van der Waals surface area contributed by atoms with Crippen LogP contribution in [0.25, 0.3) is 0 Å². The second kappa shape index (κ2) is 5.79. The summed E-state index contributed by atoms with van der Waals surface area (Å²) in [7, 11) is 0. The van der Waals surface area contributed by atoms with Gasteiger partial charge >= 0.3 is 6.03 Å². The summed E-state index contributed by atoms with van der Waals surface area (Å²) in [6, 6.07) is 1.37. The highest BCUT2D eigenvalue weighted by molar-refractivity contribution is 9.10. The van der Waals surface area contributed by atoms with E-state index in [-0.39, 0.29) is 10.2 Å². The van der Waals surface area contributed by atoms with Gasteiger partial charge in [0.25, 0.3) is 0 Å². The molecular formula is C10H11BrF2N2O. The molecule has 2 amide bonds. The van der Waals surface area contributed by atoms with Crippen LogP contribution in [-0.4, -0.2) is 12.6 Å². The lowest BCUT2D eigenvalue weighted by molar-refractivity contribution is 0.252. The zero-order valence-corrected chi connectivity index (χ0v) is 10.2. The molecule has 16 heavy (non-hydrogen) atoms. The minimum absolute atomic E-state index is 0.0677. The van der Waals surface area contributed by atoms with Crippen molar-refractivity contribution in [2.75, 3.05) is 11.9 Å². The van der Waals surface area contributed by atoms with Crippen molar-refractivity contribution < 1.29 is 13.6 Å². The molecule has 0 fully saturated rings. The average molecular weight is 293 g/mol. The van der Waals surface area contributed by atoms with Crippen molar-refractivity contribution in [3.63, 3.8) is 0 Å². The predicted octanol–water partition coefficient (Wildman–Crippen LogP) is 3.26. The Bertz CT molecular complexity index is 399. The van der Waals surface area contributed by atoms with Gasteiger partial charge in [-0.2, -0.15) is 0 Å². The summed E-state index contributed by atoms with van der Waals surface area (Å²) in [6.45, 7) is 2.39. The lowest BCUT2D eigenvalue weighted by atomic mass is 10.3. The van der Waals surface area contributed by atoms with Gasteiger partial charge in [0.2, 0.25) is 0 Å². The molecule has 0 atom stereocenters. The minimum atomic E-state index is -0.813. The van der Waals surface area contributed by atoms with Crippen LogP contribution in [0.1, 0.15) is 13.3 Å². The van der Waals surface area contributed by atoms with Gasteiger partial charge in [-0.3, -0.25) is 0 Å². The summed E-state index contributed by atoms with van der Waals surface area (Å²) >= 11 is 2.91. The zero-order valence-electron chi connectivity index (χ0n) is 8.61. The maximum Gasteiger partial charge on any atom is 0.319 e. The number of hydrogen-bond acceptors (Lipinski definition) is 1. The lowest BCUT2D eigenvalue weighted by Crippen LogP contribution is -2.29. The number of benzene rings is 1. The van der Waals surface area contributed by atoms with Crippen LogP contribution in [-0.2, 0) is 0 Å². The first-order chi connectivity index (χ1) is 7.54. The number of carbonyl (C=O) groups excluding carboxylic acids is 1. The third kappa shape index (κ3) is 3.44. The van der Waals surface area contributed by atoms with E-state index in [9.17, 15) is 13.6 Å². The number of amides is 2. The van der Waals surface area contributed by atoms with E-state index >= 15 is 0 Å². The number of carbonyl (C=O) groups is 1. The van der Waals surface area contributed by atoms with E-state index in [0.717, 1.165) is 6.42 Å². The highest BCUT2D eigenvalue weighted by atomic mass is 79.9. The molecule has 1 aromatic carbocycles. The van der Waals surface area contributed by atoms with Crippen molar-refractivity contribution in [2.45, 2.75) is 13.3 Å². The molecule has 0 spiro atoms. The molecule has 2 N–H and O–H groups in total. The predicted molar refractivity (Wildman–Crippen MR) is 61.4 cm³/mol. The monoisotopic (exact) mass is 292 g/mol. The van der Waals surface area contributed by atoms with Gasteiger partial charge in [0.15, 0.2) is 0 Å². The van der Waals surface area contributed by atoms with Gasteiger partial charge < -0.3 is 10.6 Å². The van der Waals surface area contributed by atoms with Crippen molar-refractivity contribution in [3.05, 3.63) is 28.2 Å². The third-order valence-corrected chi connectivity index (χ3v) is 2.40. The van der Waals surface area contributed by atoms with Crippen molar-refractivity contribution >= 4 is 27.6 Å². The van der Waals surface area contributed by atoms with E-state index in [4.69, 9.17) is 0 Å². The van der Waals surface area contributed by atoms with Crippen LogP contribution in [0.2, 0.25) is 0 Å². The van der Waals surface area contributed by atoms with Crippen LogP contribution < -0.4 is 10.6 Å². The van der Waals surface area contributed by atoms with E-state index in [1.807, 2.05) is 6.92 Å². The van der Waals surface area contributed by atoms with Crippen molar-refractivity contribution in [3.8, 4) is 0 Å². The van der Waals surface area contributed by atoms with E-state index in [1.165, 1.54) is 6.07 Å². The number of nitrogens with one attached hydrogen (secondary N) is 2. The fourth-order valence-electron chi connectivity index (χ4n) is 1.02. The van der Waals surface area contributed by atoms with Crippen LogP contribution in [0, 0.1) is 11.6 Å². The van der Waals surface area contributed by atoms with E-state index in [0.29, 0.717) is 12.6 Å². The molecule has 1 aromatic rings. The van der Waals surface area contributed by atoms with Crippen LogP contribution in [0.3, 0.4) is 0 Å². The molecule has 0 aromatic heterocycles. The Kier molecular flexibility index (Phi) is 4.67. The maximum absolute atomic E-state index is 13.2. The number of rotatable bonds is 3. The lowest BCUT2D eigenvalue weighted by Gasteiger charge is -2.08. The molecule has 88 valence electrons. The highest BCUT2D eigenvalue weighted by Gasteiger charge is 2.10. The standard InChI is InChI=1S/C10H11BrF2N2O/c1-2-3-14-10(16)15-9-4-6(11)7(12)5-8(9)13/h4-5H,2-3H2,1H3,(H2,14,15,16). The molecule has 0 bridgehead atoms. The molecule has 0 aliphatic heterocycles. The Morgan fingerprint density at radius 1 is 1.38 bits per heavy atom. The molecule has 0 aliphatic rings. The summed E-state index contributed by atoms with van der Waals surface area (Å²) in [5.74, 6) is -1.52. The number of anilines is 1. The fraction of sp³-hybridized carbons (Fsp3) is 0.300. The van der Waals surface area contributed by atoms with Gasteiger partial charge in [-0.1, -0.05) is 6.92 Å². The molecule has 1 rings (SSSR count). The minimum Gasteiger partial charge on any atom is -0.338 e. The van der Waals surface area contributed by atoms with Crippen LogP contribution in [0.5, 0.6) is 0 Å². The van der Waals surface area contributed by atoms with Gasteiger partial charge in [-0.25, -0.2) is 13.6 Å². The Morgan fingerprint density at radius 3 is 2.69 bits per heavy atom. The average Bonchev–Trinajstić information content (AvgIpc) is 2.23. The molecule has 6 heteroatoms. The molecule has 0 unspecified atom stereocenters. The molecule has 0 aliphatic carbocycles. The Balaban J connectivity index is 2.73. The summed E-state index contributed by atoms with van der Waals surface area (Å²) < 4.78 is 26.2. The van der Waals surface area contributed by atoms with Gasteiger partial charge in [-0.05, 0) is 28.4 Å². The largest absolute Gasteiger partial charge is 0.338 e. The summed E-state index contributed by atoms with van der Waals surface area (Å²) in [4.78, 5) is 11.2. The third-order valence-electron chi connectivity index (χ3n) is 1.79. The van der Waals surface area contributed by atoms with Gasteiger partial charge in [-0.15, -0.1) is 0 Å². The molecule has 0 radical (unpaired) electrons. The van der Waals surface area contributed by atoms with Crippen LogP contribution >= 0.6 is 15.9 Å². The summed E-state index contributed by atoms with van der Waals surface area (Å²) in [5.41, 5.74) is -0.0677. The van der Waals surface area contributed by atoms with Crippen molar-refractivity contribution in [2.24, 2.45) is 0 Å². The fourth-order valence-corrected chi connectivity index (χ4v) is 1.37. The second-order valence-corrected chi connectivity index (χ2v) is 3.98. The first-order valence-electron chi connectivity index (χ1n) is 4.74. The summed E-state index contributed by atoms with van der Waals surface area (Å²) in [6.07, 6.45) is 0.781. The summed E-state index contributed by atoms with van der Waals surface area (Å²) in [5, 5.41) is 4.81. The number of urea groups is 1. The number of halogens is 3. The molecule has 0 heterocycles. The van der Waals surface area contributed by atoms with Crippen molar-refractivity contribution in [1.29, 1.82) is 0 Å². The zero-order chi connectivity index (χ0) is 12.1. The first kappa shape index (κ1) is 12.9. The Hall–Kier alpha value is -1.17. The van der Waals surface area contributed by atoms with Crippen molar-refractivity contribution in [1.82, 2.24) is 5.32 Å². The Labute approximate surface area is 100 Å². The molecular weight excluding hydrogens is 282 g/mol. The molecule has 0 saturated heterocycles.